The number of carbonyl (C=O) groups excluding carboxylic acids is 2. The molecule has 0 unspecified atom stereocenters. The van der Waals surface area contributed by atoms with Gasteiger partial charge in [0, 0.05) is 79.6 Å². The van der Waals surface area contributed by atoms with Gasteiger partial charge in [-0.1, -0.05) is 0 Å². The Morgan fingerprint density at radius 3 is 2.50 bits per heavy atom. The van der Waals surface area contributed by atoms with E-state index in [4.69, 9.17) is 4.74 Å². The number of aromatic nitrogens is 4. The summed E-state index contributed by atoms with van der Waals surface area (Å²) in [5, 5.41) is 11.2. The maximum Gasteiger partial charge on any atom is 0.258 e. The number of methoxy groups -OCH3 is 1. The SMILES string of the molecule is CO[C@@]1(C(=O)Nc2ccc3[nH]nc(-c4ccc(F)cc4)c3c2)CCN(CC(=O)N2C[C@@H]3C[C@H]2CN3c2ccc(-c3ncccn3)cc2)C1. The highest BCUT2D eigenvalue weighted by Crippen LogP contribution is 2.36. The highest BCUT2D eigenvalue weighted by atomic mass is 19.1. The zero-order chi connectivity index (χ0) is 32.8. The molecule has 3 atom stereocenters. The quantitative estimate of drug-likeness (QED) is 0.256. The van der Waals surface area contributed by atoms with E-state index in [0.717, 1.165) is 40.7 Å². The molecule has 5 aromatic rings. The topological polar surface area (TPSA) is 120 Å². The zero-order valence-electron chi connectivity index (χ0n) is 26.5. The van der Waals surface area contributed by atoms with Crippen LogP contribution in [0.2, 0.25) is 0 Å². The Bertz CT molecular complexity index is 1970. The van der Waals surface area contributed by atoms with Gasteiger partial charge in [0.15, 0.2) is 11.4 Å². The van der Waals surface area contributed by atoms with Crippen molar-refractivity contribution in [1.29, 1.82) is 0 Å². The lowest BCUT2D eigenvalue weighted by Crippen LogP contribution is -2.52. The number of likely N-dealkylation sites (tertiary alicyclic amines) is 2. The van der Waals surface area contributed by atoms with E-state index < -0.39 is 5.60 Å². The molecule has 0 radical (unpaired) electrons. The van der Waals surface area contributed by atoms with Crippen molar-refractivity contribution in [1.82, 2.24) is 30.0 Å². The molecule has 2 bridgehead atoms. The fourth-order valence-electron chi connectivity index (χ4n) is 7.42. The summed E-state index contributed by atoms with van der Waals surface area (Å²) in [4.78, 5) is 42.3. The monoisotopic (exact) mass is 646 g/mol. The number of nitrogens with zero attached hydrogens (tertiary/aromatic N) is 6. The van der Waals surface area contributed by atoms with Crippen LogP contribution in [0.25, 0.3) is 33.5 Å². The Labute approximate surface area is 276 Å². The van der Waals surface area contributed by atoms with Crippen LogP contribution in [0.15, 0.2) is 85.2 Å². The number of benzene rings is 3. The lowest BCUT2D eigenvalue weighted by Gasteiger charge is -2.36. The molecule has 12 heteroatoms. The summed E-state index contributed by atoms with van der Waals surface area (Å²) in [6, 6.07) is 22.2. The van der Waals surface area contributed by atoms with Gasteiger partial charge in [-0.2, -0.15) is 5.10 Å². The number of aromatic amines is 1. The van der Waals surface area contributed by atoms with Crippen molar-refractivity contribution in [2.45, 2.75) is 30.5 Å². The van der Waals surface area contributed by atoms with Crippen LogP contribution in [0, 0.1) is 5.82 Å². The van der Waals surface area contributed by atoms with Crippen LogP contribution in [-0.2, 0) is 14.3 Å². The highest BCUT2D eigenvalue weighted by molar-refractivity contribution is 6.01. The van der Waals surface area contributed by atoms with Gasteiger partial charge in [-0.15, -0.1) is 0 Å². The summed E-state index contributed by atoms with van der Waals surface area (Å²) in [5.74, 6) is 0.214. The number of amides is 2. The Kier molecular flexibility index (Phi) is 7.61. The second kappa shape index (κ2) is 12.1. The van der Waals surface area contributed by atoms with Gasteiger partial charge in [-0.25, -0.2) is 14.4 Å². The fraction of sp³-hybridized carbons (Fsp3) is 0.306. The molecule has 3 saturated heterocycles. The summed E-state index contributed by atoms with van der Waals surface area (Å²) in [6.45, 7) is 2.63. The Hall–Kier alpha value is -5.20. The van der Waals surface area contributed by atoms with E-state index in [1.165, 1.54) is 12.1 Å². The maximum atomic E-state index is 13.7. The van der Waals surface area contributed by atoms with E-state index in [9.17, 15) is 14.0 Å². The minimum absolute atomic E-state index is 0.0877. The Balaban J connectivity index is 0.884. The third-order valence-electron chi connectivity index (χ3n) is 10.00. The average Bonchev–Trinajstić information content (AvgIpc) is 3.93. The first-order valence-corrected chi connectivity index (χ1v) is 16.2. The number of piperazine rings is 1. The van der Waals surface area contributed by atoms with Gasteiger partial charge in [-0.3, -0.25) is 19.6 Å². The van der Waals surface area contributed by atoms with Crippen LogP contribution >= 0.6 is 0 Å². The number of hydrogen-bond donors (Lipinski definition) is 2. The fourth-order valence-corrected chi connectivity index (χ4v) is 7.42. The van der Waals surface area contributed by atoms with Gasteiger partial charge in [0.2, 0.25) is 5.91 Å². The average molecular weight is 647 g/mol. The second-order valence-corrected chi connectivity index (χ2v) is 12.8. The molecule has 0 saturated carbocycles. The number of hydrogen-bond acceptors (Lipinski definition) is 8. The number of fused-ring (bicyclic) bond motifs is 3. The molecule has 3 aliphatic rings. The molecule has 3 fully saturated rings. The minimum atomic E-state index is -1.08. The predicted molar refractivity (Wildman–Crippen MR) is 180 cm³/mol. The predicted octanol–water partition coefficient (Wildman–Crippen LogP) is 4.35. The highest BCUT2D eigenvalue weighted by Gasteiger charge is 2.48. The maximum absolute atomic E-state index is 13.7. The van der Waals surface area contributed by atoms with Crippen LogP contribution < -0.4 is 10.2 Å². The van der Waals surface area contributed by atoms with Crippen LogP contribution in [0.1, 0.15) is 12.8 Å². The first kappa shape index (κ1) is 30.2. The van der Waals surface area contributed by atoms with Crippen molar-refractivity contribution in [2.24, 2.45) is 0 Å². The molecule has 8 rings (SSSR count). The van der Waals surface area contributed by atoms with Crippen molar-refractivity contribution in [2.75, 3.05) is 50.1 Å². The van der Waals surface area contributed by atoms with Gasteiger partial charge in [-0.05, 0) is 85.6 Å². The number of ether oxygens (including phenoxy) is 1. The Morgan fingerprint density at radius 2 is 1.77 bits per heavy atom. The molecule has 2 aromatic heterocycles. The lowest BCUT2D eigenvalue weighted by molar-refractivity contribution is -0.138. The first-order chi connectivity index (χ1) is 23.4. The van der Waals surface area contributed by atoms with E-state index >= 15 is 0 Å². The largest absolute Gasteiger partial charge is 0.367 e. The van der Waals surface area contributed by atoms with Crippen LogP contribution in [0.3, 0.4) is 0 Å². The lowest BCUT2D eigenvalue weighted by atomic mass is 10.0. The molecule has 3 aliphatic heterocycles. The van der Waals surface area contributed by atoms with Crippen LogP contribution in [0.4, 0.5) is 15.8 Å². The molecule has 244 valence electrons. The van der Waals surface area contributed by atoms with E-state index in [2.05, 4.69) is 42.5 Å². The van der Waals surface area contributed by atoms with E-state index in [0.29, 0.717) is 43.3 Å². The van der Waals surface area contributed by atoms with E-state index in [1.54, 1.807) is 37.7 Å². The number of rotatable bonds is 8. The van der Waals surface area contributed by atoms with Gasteiger partial charge < -0.3 is 19.9 Å². The second-order valence-electron chi connectivity index (χ2n) is 12.8. The molecular weight excluding hydrogens is 611 g/mol. The number of halogens is 1. The molecular formula is C36H35FN8O3. The number of anilines is 2. The third-order valence-corrected chi connectivity index (χ3v) is 10.00. The number of H-pyrrole nitrogens is 1. The molecule has 3 aromatic carbocycles. The standard InChI is InChI=1S/C36H35FN8O3/c1-48-36(35(47)40-26-9-12-31-30(17-26)33(42-41-31)23-3-7-25(37)8-4-23)13-16-43(22-36)21-32(46)45-20-28-18-29(45)19-44(28)27-10-5-24(6-11-27)34-38-14-2-15-39-34/h2-12,14-15,17,28-29H,13,16,18-22H2,1H3,(H,40,47)(H,41,42)/t28-,29-,36-/m0/s1. The van der Waals surface area contributed by atoms with E-state index in [-0.39, 0.29) is 36.3 Å². The van der Waals surface area contributed by atoms with Crippen LogP contribution in [0.5, 0.6) is 0 Å². The van der Waals surface area contributed by atoms with Crippen LogP contribution in [-0.4, -0.2) is 99.3 Å². The van der Waals surface area contributed by atoms with Gasteiger partial charge in [0.1, 0.15) is 5.82 Å². The molecule has 5 heterocycles. The van der Waals surface area contributed by atoms with Crippen molar-refractivity contribution < 1.29 is 18.7 Å². The summed E-state index contributed by atoms with van der Waals surface area (Å²) < 4.78 is 19.3. The zero-order valence-corrected chi connectivity index (χ0v) is 26.5. The van der Waals surface area contributed by atoms with Gasteiger partial charge >= 0.3 is 0 Å². The summed E-state index contributed by atoms with van der Waals surface area (Å²) in [6.07, 6.45) is 4.90. The summed E-state index contributed by atoms with van der Waals surface area (Å²) in [7, 11) is 1.55. The van der Waals surface area contributed by atoms with Gasteiger partial charge in [0.25, 0.3) is 5.91 Å². The molecule has 11 nitrogen and oxygen atoms in total. The van der Waals surface area contributed by atoms with Crippen molar-refractivity contribution in [3.63, 3.8) is 0 Å². The number of nitrogens with one attached hydrogen (secondary N) is 2. The Morgan fingerprint density at radius 1 is 1.00 bits per heavy atom. The smallest absolute Gasteiger partial charge is 0.258 e. The summed E-state index contributed by atoms with van der Waals surface area (Å²) >= 11 is 0. The number of carbonyl (C=O) groups is 2. The van der Waals surface area contributed by atoms with Crippen molar-refractivity contribution >= 4 is 34.1 Å². The van der Waals surface area contributed by atoms with E-state index in [1.807, 2.05) is 40.1 Å². The first-order valence-electron chi connectivity index (χ1n) is 16.2. The third kappa shape index (κ3) is 5.46. The summed E-state index contributed by atoms with van der Waals surface area (Å²) in [5.41, 5.74) is 3.87. The molecule has 0 spiro atoms. The van der Waals surface area contributed by atoms with Crippen molar-refractivity contribution in [3.05, 3.63) is 91.0 Å². The molecule has 2 N–H and O–H groups in total. The molecule has 48 heavy (non-hydrogen) atoms. The van der Waals surface area contributed by atoms with Gasteiger partial charge in [0.05, 0.1) is 23.8 Å². The minimum Gasteiger partial charge on any atom is -0.367 e. The van der Waals surface area contributed by atoms with Crippen molar-refractivity contribution in [3.8, 4) is 22.6 Å². The normalized spacial score (nSPS) is 22.1. The molecule has 0 aliphatic carbocycles. The molecule has 2 amide bonds.